The van der Waals surface area contributed by atoms with E-state index in [1.54, 1.807) is 0 Å². The van der Waals surface area contributed by atoms with Crippen LogP contribution in [0.2, 0.25) is 0 Å². The van der Waals surface area contributed by atoms with Crippen molar-refractivity contribution in [3.63, 3.8) is 0 Å². The summed E-state index contributed by atoms with van der Waals surface area (Å²) in [5, 5.41) is 12.2. The molecule has 35 heavy (non-hydrogen) atoms. The Morgan fingerprint density at radius 1 is 1.20 bits per heavy atom. The van der Waals surface area contributed by atoms with Crippen LogP contribution in [-0.2, 0) is 22.4 Å². The van der Waals surface area contributed by atoms with E-state index in [9.17, 15) is 9.90 Å². The maximum atomic E-state index is 12.6. The highest BCUT2D eigenvalue weighted by atomic mass is 16.5. The lowest BCUT2D eigenvalue weighted by Crippen LogP contribution is -2.28. The van der Waals surface area contributed by atoms with E-state index < -0.39 is 17.7 Å². The van der Waals surface area contributed by atoms with Crippen LogP contribution in [0, 0.1) is 6.92 Å². The average Bonchev–Trinajstić information content (AvgIpc) is 2.82. The van der Waals surface area contributed by atoms with E-state index in [0.29, 0.717) is 12.2 Å². The molecule has 0 unspecified atom stereocenters. The second kappa shape index (κ2) is 8.61. The van der Waals surface area contributed by atoms with E-state index in [0.717, 1.165) is 62.8 Å². The van der Waals surface area contributed by atoms with Crippen molar-refractivity contribution < 1.29 is 19.4 Å². The van der Waals surface area contributed by atoms with Crippen LogP contribution in [0.5, 0.6) is 5.75 Å². The monoisotopic (exact) mass is 470 g/mol. The number of benzene rings is 2. The van der Waals surface area contributed by atoms with E-state index in [2.05, 4.69) is 6.92 Å². The molecule has 2 aromatic heterocycles. The topological polar surface area (TPSA) is 81.5 Å². The number of carboxylic acids is 1. The number of pyridine rings is 2. The van der Waals surface area contributed by atoms with Crippen LogP contribution in [0.15, 0.2) is 42.6 Å². The number of aryl methyl sites for hydroxylation is 2. The lowest BCUT2D eigenvalue weighted by Gasteiger charge is -2.29. The molecule has 1 N–H and O–H groups in total. The van der Waals surface area contributed by atoms with Crippen molar-refractivity contribution in [2.45, 2.75) is 59.2 Å². The van der Waals surface area contributed by atoms with Crippen molar-refractivity contribution >= 4 is 27.8 Å². The molecule has 1 aliphatic rings. The molecule has 0 spiro atoms. The molecule has 1 aliphatic heterocycles. The zero-order valence-electron chi connectivity index (χ0n) is 20.8. The highest BCUT2D eigenvalue weighted by Crippen LogP contribution is 2.44. The third-order valence-electron chi connectivity index (χ3n) is 6.46. The third-order valence-corrected chi connectivity index (χ3v) is 6.46. The van der Waals surface area contributed by atoms with E-state index in [4.69, 9.17) is 19.4 Å². The Labute approximate surface area is 204 Å². The molecule has 0 amide bonds. The Hall–Kier alpha value is -3.51. The fourth-order valence-electron chi connectivity index (χ4n) is 4.98. The number of fused-ring (bicyclic) bond motifs is 1. The molecule has 2 aromatic carbocycles. The van der Waals surface area contributed by atoms with Gasteiger partial charge in [0.05, 0.1) is 23.2 Å². The van der Waals surface area contributed by atoms with E-state index >= 15 is 0 Å². The summed E-state index contributed by atoms with van der Waals surface area (Å²) < 4.78 is 12.1. The highest BCUT2D eigenvalue weighted by molar-refractivity contribution is 6.08. The largest absolute Gasteiger partial charge is 0.493 e. The van der Waals surface area contributed by atoms with Gasteiger partial charge in [-0.1, -0.05) is 13.0 Å². The van der Waals surface area contributed by atoms with Crippen molar-refractivity contribution in [3.8, 4) is 16.9 Å². The van der Waals surface area contributed by atoms with Crippen LogP contribution in [0.25, 0.3) is 32.9 Å². The lowest BCUT2D eigenvalue weighted by atomic mass is 9.86. The molecular formula is C29H30N2O4. The normalized spacial score (nSPS) is 14.2. The summed E-state index contributed by atoms with van der Waals surface area (Å²) >= 11 is 0. The molecule has 1 atom stereocenters. The second-order valence-corrected chi connectivity index (χ2v) is 10.1. The number of aromatic nitrogens is 2. The maximum Gasteiger partial charge on any atom is 0.337 e. The van der Waals surface area contributed by atoms with Crippen molar-refractivity contribution in [1.82, 2.24) is 9.97 Å². The highest BCUT2D eigenvalue weighted by Gasteiger charge is 2.32. The van der Waals surface area contributed by atoms with Gasteiger partial charge in [0.25, 0.3) is 0 Å². The number of hydrogen-bond donors (Lipinski definition) is 1. The van der Waals surface area contributed by atoms with E-state index in [1.165, 1.54) is 5.56 Å². The SMILES string of the molecule is CCc1ccc2c(-c3ccc4c5c(ccnc35)CCO4)c([C@H](OC(C)(C)C)C(=O)O)c(C)cc2n1. The first kappa shape index (κ1) is 23.2. The summed E-state index contributed by atoms with van der Waals surface area (Å²) in [4.78, 5) is 22.2. The van der Waals surface area contributed by atoms with Gasteiger partial charge in [0.15, 0.2) is 6.10 Å². The van der Waals surface area contributed by atoms with Crippen molar-refractivity contribution in [1.29, 1.82) is 0 Å². The summed E-state index contributed by atoms with van der Waals surface area (Å²) in [6.45, 7) is 10.3. The molecule has 180 valence electrons. The summed E-state index contributed by atoms with van der Waals surface area (Å²) in [5.41, 5.74) is 6.25. The molecule has 5 rings (SSSR count). The molecule has 0 aliphatic carbocycles. The predicted molar refractivity (Wildman–Crippen MR) is 137 cm³/mol. The van der Waals surface area contributed by atoms with Gasteiger partial charge in [-0.05, 0) is 81.1 Å². The Kier molecular flexibility index (Phi) is 5.72. The smallest absolute Gasteiger partial charge is 0.337 e. The van der Waals surface area contributed by atoms with Crippen LogP contribution in [0.3, 0.4) is 0 Å². The Morgan fingerprint density at radius 3 is 2.71 bits per heavy atom. The van der Waals surface area contributed by atoms with Crippen molar-refractivity contribution in [3.05, 3.63) is 65.0 Å². The van der Waals surface area contributed by atoms with Crippen molar-refractivity contribution in [2.75, 3.05) is 6.61 Å². The Bertz CT molecular complexity index is 1460. The molecule has 0 bridgehead atoms. The maximum absolute atomic E-state index is 12.6. The van der Waals surface area contributed by atoms with E-state index in [-0.39, 0.29) is 0 Å². The second-order valence-electron chi connectivity index (χ2n) is 10.1. The first-order chi connectivity index (χ1) is 16.7. The van der Waals surface area contributed by atoms with Crippen LogP contribution < -0.4 is 4.74 Å². The van der Waals surface area contributed by atoms with Gasteiger partial charge in [-0.3, -0.25) is 9.97 Å². The van der Waals surface area contributed by atoms with Crippen molar-refractivity contribution in [2.24, 2.45) is 0 Å². The average molecular weight is 471 g/mol. The van der Waals surface area contributed by atoms with Crippen LogP contribution in [-0.4, -0.2) is 33.3 Å². The summed E-state index contributed by atoms with van der Waals surface area (Å²) in [6, 6.07) is 12.0. The quantitative estimate of drug-likeness (QED) is 0.374. The molecule has 0 saturated carbocycles. The number of nitrogens with zero attached hydrogens (tertiary/aromatic N) is 2. The van der Waals surface area contributed by atoms with Crippen LogP contribution in [0.1, 0.15) is 56.2 Å². The molecule has 6 nitrogen and oxygen atoms in total. The summed E-state index contributed by atoms with van der Waals surface area (Å²) in [5.74, 6) is -0.218. The number of carboxylic acid groups (broad SMARTS) is 1. The molecule has 6 heteroatoms. The number of carbonyl (C=O) groups is 1. The predicted octanol–water partition coefficient (Wildman–Crippen LogP) is 6.20. The minimum Gasteiger partial charge on any atom is -0.493 e. The van der Waals surface area contributed by atoms with Crippen LogP contribution in [0.4, 0.5) is 0 Å². The van der Waals surface area contributed by atoms with E-state index in [1.807, 2.05) is 70.3 Å². The first-order valence-electron chi connectivity index (χ1n) is 12.1. The van der Waals surface area contributed by atoms with Crippen LogP contribution >= 0.6 is 0 Å². The fourth-order valence-corrected chi connectivity index (χ4v) is 4.98. The van der Waals surface area contributed by atoms with Gasteiger partial charge in [0.2, 0.25) is 0 Å². The van der Waals surface area contributed by atoms with Gasteiger partial charge in [-0.15, -0.1) is 0 Å². The van der Waals surface area contributed by atoms with Gasteiger partial charge in [-0.25, -0.2) is 4.79 Å². The third kappa shape index (κ3) is 4.12. The summed E-state index contributed by atoms with van der Waals surface area (Å²) in [7, 11) is 0. The number of ether oxygens (including phenoxy) is 2. The zero-order chi connectivity index (χ0) is 24.9. The molecule has 0 saturated heterocycles. The van der Waals surface area contributed by atoms with Gasteiger partial charge < -0.3 is 14.6 Å². The minimum atomic E-state index is -1.15. The van der Waals surface area contributed by atoms with Gasteiger partial charge in [0.1, 0.15) is 5.75 Å². The molecule has 0 radical (unpaired) electrons. The molecule has 3 heterocycles. The molecule has 0 fully saturated rings. The number of aliphatic carboxylic acids is 1. The fraction of sp³-hybridized carbons (Fsp3) is 0.345. The van der Waals surface area contributed by atoms with Gasteiger partial charge in [-0.2, -0.15) is 0 Å². The zero-order valence-corrected chi connectivity index (χ0v) is 20.8. The number of rotatable bonds is 5. The summed E-state index contributed by atoms with van der Waals surface area (Å²) in [6.07, 6.45) is 2.30. The lowest BCUT2D eigenvalue weighted by molar-refractivity contribution is -0.160. The standard InChI is InChI=1S/C29H30N2O4/c1-6-18-7-8-19-21(31-18)15-16(2)23(27(28(32)33)35-29(3,4)5)25(19)20-9-10-22-24-17(12-14-34-22)11-13-30-26(20)24/h7-11,13,15,27H,6,12,14H2,1-5H3,(H,32,33)/t27-/m0/s1. The minimum absolute atomic E-state index is 0.630. The Morgan fingerprint density at radius 2 is 2.00 bits per heavy atom. The molecular weight excluding hydrogens is 440 g/mol. The van der Waals surface area contributed by atoms with Gasteiger partial charge >= 0.3 is 5.97 Å². The number of hydrogen-bond acceptors (Lipinski definition) is 5. The van der Waals surface area contributed by atoms with Gasteiger partial charge in [0, 0.05) is 40.2 Å². The molecule has 4 aromatic rings. The Balaban J connectivity index is 1.91. The first-order valence-corrected chi connectivity index (χ1v) is 12.1.